The van der Waals surface area contributed by atoms with E-state index in [2.05, 4.69) is 34.1 Å². The number of amides is 1. The standard InChI is InChI=1S/C30H30FN3O3S/c31-27-21-25(30(35)34-19-17-33(18-20-34)16-6-9-23-7-2-1-3-8-23)13-14-26(27)22-38(36,37)28-12-4-10-24-11-5-15-32-29(24)28/h1-5,7-8,10-15,21H,6,9,16-20,22H2. The first-order valence-corrected chi connectivity index (χ1v) is 14.5. The zero-order valence-corrected chi connectivity index (χ0v) is 21.9. The number of fused-ring (bicyclic) bond motifs is 1. The molecule has 3 aromatic carbocycles. The van der Waals surface area contributed by atoms with Gasteiger partial charge in [0.1, 0.15) is 5.82 Å². The fourth-order valence-corrected chi connectivity index (χ4v) is 6.47. The van der Waals surface area contributed by atoms with Crippen LogP contribution in [0.15, 0.2) is 90.0 Å². The van der Waals surface area contributed by atoms with Crippen LogP contribution in [-0.2, 0) is 22.0 Å². The van der Waals surface area contributed by atoms with Gasteiger partial charge in [0.15, 0.2) is 9.84 Å². The van der Waals surface area contributed by atoms with E-state index in [1.165, 1.54) is 30.0 Å². The van der Waals surface area contributed by atoms with Crippen molar-refractivity contribution in [3.8, 4) is 0 Å². The molecule has 196 valence electrons. The number of rotatable bonds is 8. The highest BCUT2D eigenvalue weighted by molar-refractivity contribution is 7.90. The largest absolute Gasteiger partial charge is 0.336 e. The lowest BCUT2D eigenvalue weighted by Gasteiger charge is -2.34. The molecule has 38 heavy (non-hydrogen) atoms. The number of pyridine rings is 1. The normalized spacial score (nSPS) is 14.6. The summed E-state index contributed by atoms with van der Waals surface area (Å²) in [6.45, 7) is 3.68. The maximum Gasteiger partial charge on any atom is 0.254 e. The molecule has 1 fully saturated rings. The molecule has 0 spiro atoms. The summed E-state index contributed by atoms with van der Waals surface area (Å²) in [5, 5.41) is 0.700. The van der Waals surface area contributed by atoms with E-state index in [1.807, 2.05) is 6.07 Å². The summed E-state index contributed by atoms with van der Waals surface area (Å²) in [4.78, 5) is 21.4. The lowest BCUT2D eigenvalue weighted by atomic mass is 10.1. The van der Waals surface area contributed by atoms with Crippen molar-refractivity contribution in [1.82, 2.24) is 14.8 Å². The van der Waals surface area contributed by atoms with Crippen LogP contribution >= 0.6 is 0 Å². The number of aromatic nitrogens is 1. The lowest BCUT2D eigenvalue weighted by Crippen LogP contribution is -2.48. The first-order valence-electron chi connectivity index (χ1n) is 12.8. The van der Waals surface area contributed by atoms with E-state index in [9.17, 15) is 13.2 Å². The summed E-state index contributed by atoms with van der Waals surface area (Å²) in [5.41, 5.74) is 1.94. The number of benzene rings is 3. The molecule has 0 radical (unpaired) electrons. The highest BCUT2D eigenvalue weighted by Crippen LogP contribution is 2.25. The Labute approximate surface area is 222 Å². The molecule has 1 amide bonds. The van der Waals surface area contributed by atoms with Crippen LogP contribution in [0.5, 0.6) is 0 Å². The number of hydrogen-bond donors (Lipinski definition) is 0. The average Bonchev–Trinajstić information content (AvgIpc) is 2.94. The third-order valence-corrected chi connectivity index (χ3v) is 8.71. The van der Waals surface area contributed by atoms with E-state index < -0.39 is 21.4 Å². The summed E-state index contributed by atoms with van der Waals surface area (Å²) < 4.78 is 41.3. The second-order valence-corrected chi connectivity index (χ2v) is 11.6. The Morgan fingerprint density at radius 3 is 2.42 bits per heavy atom. The Morgan fingerprint density at radius 2 is 1.66 bits per heavy atom. The minimum atomic E-state index is -3.85. The van der Waals surface area contributed by atoms with Crippen LogP contribution in [0.2, 0.25) is 0 Å². The Kier molecular flexibility index (Phi) is 7.81. The molecule has 1 aliphatic heterocycles. The molecule has 0 bridgehead atoms. The van der Waals surface area contributed by atoms with Crippen molar-refractivity contribution in [3.63, 3.8) is 0 Å². The van der Waals surface area contributed by atoms with Gasteiger partial charge in [0, 0.05) is 48.9 Å². The van der Waals surface area contributed by atoms with Gasteiger partial charge < -0.3 is 4.90 Å². The predicted molar refractivity (Wildman–Crippen MR) is 146 cm³/mol. The number of hydrogen-bond acceptors (Lipinski definition) is 5. The van der Waals surface area contributed by atoms with Gasteiger partial charge in [-0.25, -0.2) is 12.8 Å². The Hall–Kier alpha value is -3.62. The van der Waals surface area contributed by atoms with Gasteiger partial charge in [-0.1, -0.05) is 54.6 Å². The molecule has 0 unspecified atom stereocenters. The number of para-hydroxylation sites is 1. The molecule has 6 nitrogen and oxygen atoms in total. The number of nitrogens with zero attached hydrogens (tertiary/aromatic N) is 3. The summed E-state index contributed by atoms with van der Waals surface area (Å²) in [6, 6.07) is 22.9. The SMILES string of the molecule is O=C(c1ccc(CS(=O)(=O)c2cccc3cccnc23)c(F)c1)N1CCN(CCCc2ccccc2)CC1. The van der Waals surface area contributed by atoms with Crippen LogP contribution in [-0.4, -0.2) is 61.8 Å². The summed E-state index contributed by atoms with van der Waals surface area (Å²) in [6.07, 6.45) is 3.62. The van der Waals surface area contributed by atoms with E-state index in [4.69, 9.17) is 0 Å². The smallest absolute Gasteiger partial charge is 0.254 e. The van der Waals surface area contributed by atoms with Crippen molar-refractivity contribution in [1.29, 1.82) is 0 Å². The van der Waals surface area contributed by atoms with Crippen LogP contribution in [0.3, 0.4) is 0 Å². The summed E-state index contributed by atoms with van der Waals surface area (Å²) in [7, 11) is -3.85. The number of carbonyl (C=O) groups is 1. The molecule has 8 heteroatoms. The Morgan fingerprint density at radius 1 is 0.895 bits per heavy atom. The van der Waals surface area contributed by atoms with Crippen LogP contribution in [0, 0.1) is 5.82 Å². The lowest BCUT2D eigenvalue weighted by molar-refractivity contribution is 0.0635. The predicted octanol–water partition coefficient (Wildman–Crippen LogP) is 4.74. The summed E-state index contributed by atoms with van der Waals surface area (Å²) >= 11 is 0. The van der Waals surface area contributed by atoms with Gasteiger partial charge in [-0.05, 0) is 49.2 Å². The highest BCUT2D eigenvalue weighted by atomic mass is 32.2. The van der Waals surface area contributed by atoms with E-state index in [-0.39, 0.29) is 21.9 Å². The number of carbonyl (C=O) groups excluding carboxylic acids is 1. The van der Waals surface area contributed by atoms with Crippen LogP contribution in [0.25, 0.3) is 10.9 Å². The fourth-order valence-electron chi connectivity index (χ4n) is 4.92. The monoisotopic (exact) mass is 531 g/mol. The third kappa shape index (κ3) is 5.92. The molecule has 0 aliphatic carbocycles. The Balaban J connectivity index is 1.19. The molecule has 4 aromatic rings. The maximum atomic E-state index is 15.0. The van der Waals surface area contributed by atoms with Crippen molar-refractivity contribution >= 4 is 26.6 Å². The minimum Gasteiger partial charge on any atom is -0.336 e. The maximum absolute atomic E-state index is 15.0. The highest BCUT2D eigenvalue weighted by Gasteiger charge is 2.25. The van der Waals surface area contributed by atoms with Crippen LogP contribution in [0.1, 0.15) is 27.9 Å². The Bertz CT molecular complexity index is 1530. The quantitative estimate of drug-likeness (QED) is 0.329. The number of piperazine rings is 1. The molecule has 0 atom stereocenters. The molecule has 0 N–H and O–H groups in total. The second-order valence-electron chi connectivity index (χ2n) is 9.62. The second kappa shape index (κ2) is 11.4. The average molecular weight is 532 g/mol. The molecule has 0 saturated carbocycles. The molecule has 5 rings (SSSR count). The van der Waals surface area contributed by atoms with Crippen LogP contribution in [0.4, 0.5) is 4.39 Å². The zero-order chi connectivity index (χ0) is 26.5. The zero-order valence-electron chi connectivity index (χ0n) is 21.1. The van der Waals surface area contributed by atoms with Crippen molar-refractivity contribution in [2.24, 2.45) is 0 Å². The van der Waals surface area contributed by atoms with Crippen molar-refractivity contribution in [3.05, 3.63) is 108 Å². The van der Waals surface area contributed by atoms with Crippen LogP contribution < -0.4 is 0 Å². The molecule has 1 saturated heterocycles. The van der Waals surface area contributed by atoms with E-state index in [1.54, 1.807) is 29.2 Å². The minimum absolute atomic E-state index is 0.0257. The van der Waals surface area contributed by atoms with Crippen molar-refractivity contribution in [2.75, 3.05) is 32.7 Å². The molecule has 1 aliphatic rings. The number of aryl methyl sites for hydroxylation is 1. The summed E-state index contributed by atoms with van der Waals surface area (Å²) in [5.74, 6) is -1.45. The van der Waals surface area contributed by atoms with Gasteiger partial charge in [-0.2, -0.15) is 0 Å². The third-order valence-electron chi connectivity index (χ3n) is 7.02. The number of halogens is 1. The fraction of sp³-hybridized carbons (Fsp3) is 0.267. The molecular formula is C30H30FN3O3S. The van der Waals surface area contributed by atoms with Gasteiger partial charge in [0.05, 0.1) is 16.2 Å². The van der Waals surface area contributed by atoms with E-state index in [0.717, 1.165) is 38.5 Å². The van der Waals surface area contributed by atoms with E-state index >= 15 is 4.39 Å². The molecule has 2 heterocycles. The van der Waals surface area contributed by atoms with Gasteiger partial charge in [0.25, 0.3) is 5.91 Å². The van der Waals surface area contributed by atoms with Gasteiger partial charge in [0.2, 0.25) is 0 Å². The first kappa shape index (κ1) is 26.0. The van der Waals surface area contributed by atoms with Gasteiger partial charge >= 0.3 is 0 Å². The van der Waals surface area contributed by atoms with Gasteiger partial charge in [-0.3, -0.25) is 14.7 Å². The molecule has 1 aromatic heterocycles. The van der Waals surface area contributed by atoms with E-state index in [0.29, 0.717) is 24.0 Å². The first-order chi connectivity index (χ1) is 18.4. The topological polar surface area (TPSA) is 70.6 Å². The van der Waals surface area contributed by atoms with Gasteiger partial charge in [-0.15, -0.1) is 0 Å². The molecular weight excluding hydrogens is 501 g/mol. The number of sulfone groups is 1. The van der Waals surface area contributed by atoms with Crippen molar-refractivity contribution < 1.29 is 17.6 Å². The van der Waals surface area contributed by atoms with Crippen molar-refractivity contribution in [2.45, 2.75) is 23.5 Å².